The van der Waals surface area contributed by atoms with Crippen molar-refractivity contribution in [1.82, 2.24) is 9.78 Å². The molecule has 1 heterocycles. The lowest BCUT2D eigenvalue weighted by atomic mass is 10.1. The van der Waals surface area contributed by atoms with E-state index in [1.165, 1.54) is 11.1 Å². The van der Waals surface area contributed by atoms with Crippen LogP contribution < -0.4 is 0 Å². The predicted molar refractivity (Wildman–Crippen MR) is 86.5 cm³/mol. The van der Waals surface area contributed by atoms with Crippen LogP contribution in [0.3, 0.4) is 0 Å². The van der Waals surface area contributed by atoms with Crippen molar-refractivity contribution in [3.8, 4) is 28.6 Å². The molecule has 0 saturated heterocycles. The third kappa shape index (κ3) is 1.85. The molecule has 0 spiro atoms. The van der Waals surface area contributed by atoms with Crippen molar-refractivity contribution in [1.29, 1.82) is 5.26 Å². The molecular weight excluding hydrogens is 294 g/mol. The summed E-state index contributed by atoms with van der Waals surface area (Å²) in [5.41, 5.74) is 6.45. The largest absolute Gasteiger partial charge is 0.250 e. The summed E-state index contributed by atoms with van der Waals surface area (Å²) in [6.07, 6.45) is 0.831. The Morgan fingerprint density at radius 1 is 1.09 bits per heavy atom. The minimum Gasteiger partial charge on any atom is -0.250 e. The van der Waals surface area contributed by atoms with Gasteiger partial charge in [-0.3, -0.25) is 0 Å². The summed E-state index contributed by atoms with van der Waals surface area (Å²) in [6.45, 7) is 0.237. The Labute approximate surface area is 133 Å². The van der Waals surface area contributed by atoms with Gasteiger partial charge in [-0.1, -0.05) is 54.1 Å². The van der Waals surface area contributed by atoms with E-state index in [4.69, 9.17) is 16.9 Å². The molecule has 0 fully saturated rings. The summed E-state index contributed by atoms with van der Waals surface area (Å²) >= 11 is 6.34. The zero-order valence-corrected chi connectivity index (χ0v) is 12.5. The van der Waals surface area contributed by atoms with Gasteiger partial charge in [0, 0.05) is 23.1 Å². The molecule has 0 aliphatic heterocycles. The zero-order chi connectivity index (χ0) is 15.1. The molecule has 0 bridgehead atoms. The molecule has 106 valence electrons. The Balaban J connectivity index is 1.98. The molecule has 0 saturated carbocycles. The molecule has 0 atom stereocenters. The maximum absolute atomic E-state index is 9.10. The Bertz CT molecular complexity index is 918. The highest BCUT2D eigenvalue weighted by Crippen LogP contribution is 2.42. The first-order valence-corrected chi connectivity index (χ1v) is 7.47. The van der Waals surface area contributed by atoms with Crippen LogP contribution in [0.5, 0.6) is 0 Å². The fourth-order valence-corrected chi connectivity index (χ4v) is 3.34. The van der Waals surface area contributed by atoms with E-state index in [-0.39, 0.29) is 6.54 Å². The molecule has 3 nitrogen and oxygen atoms in total. The average Bonchev–Trinajstić information content (AvgIpc) is 3.06. The average molecular weight is 306 g/mol. The van der Waals surface area contributed by atoms with E-state index >= 15 is 0 Å². The van der Waals surface area contributed by atoms with E-state index in [1.54, 1.807) is 4.68 Å². The Hall–Kier alpha value is -2.57. The van der Waals surface area contributed by atoms with Crippen molar-refractivity contribution in [2.75, 3.05) is 0 Å². The summed E-state index contributed by atoms with van der Waals surface area (Å²) in [5, 5.41) is 14.4. The first kappa shape index (κ1) is 13.1. The smallest absolute Gasteiger partial charge is 0.128 e. The maximum atomic E-state index is 9.10. The molecule has 0 amide bonds. The highest BCUT2D eigenvalue weighted by Gasteiger charge is 2.28. The molecule has 0 N–H and O–H groups in total. The van der Waals surface area contributed by atoms with Gasteiger partial charge in [0.2, 0.25) is 0 Å². The second-order valence-corrected chi connectivity index (χ2v) is 5.71. The van der Waals surface area contributed by atoms with Crippen molar-refractivity contribution in [2.45, 2.75) is 13.0 Å². The van der Waals surface area contributed by atoms with Crippen molar-refractivity contribution >= 4 is 11.6 Å². The summed E-state index contributed by atoms with van der Waals surface area (Å²) in [5.74, 6) is 0. The molecule has 0 unspecified atom stereocenters. The number of nitrogens with zero attached hydrogens (tertiary/aromatic N) is 3. The first-order valence-electron chi connectivity index (χ1n) is 7.09. The lowest BCUT2D eigenvalue weighted by Gasteiger charge is -2.04. The van der Waals surface area contributed by atoms with Gasteiger partial charge in [-0.2, -0.15) is 10.4 Å². The summed E-state index contributed by atoms with van der Waals surface area (Å²) in [7, 11) is 0. The second kappa shape index (κ2) is 5.01. The number of rotatable bonds is 2. The van der Waals surface area contributed by atoms with Crippen LogP contribution in [-0.2, 0) is 13.0 Å². The van der Waals surface area contributed by atoms with E-state index in [0.29, 0.717) is 5.02 Å². The number of halogens is 1. The van der Waals surface area contributed by atoms with Gasteiger partial charge < -0.3 is 0 Å². The van der Waals surface area contributed by atoms with Crippen LogP contribution in [0.15, 0.2) is 48.5 Å². The van der Waals surface area contributed by atoms with Gasteiger partial charge in [-0.05, 0) is 11.6 Å². The van der Waals surface area contributed by atoms with Gasteiger partial charge in [0.15, 0.2) is 0 Å². The zero-order valence-electron chi connectivity index (χ0n) is 11.8. The minimum absolute atomic E-state index is 0.237. The van der Waals surface area contributed by atoms with Gasteiger partial charge in [0.05, 0.1) is 22.5 Å². The van der Waals surface area contributed by atoms with Crippen LogP contribution in [0.25, 0.3) is 22.5 Å². The minimum atomic E-state index is 0.237. The number of hydrogen-bond acceptors (Lipinski definition) is 2. The molecule has 1 aromatic heterocycles. The molecule has 4 heteroatoms. The van der Waals surface area contributed by atoms with Crippen molar-refractivity contribution in [3.63, 3.8) is 0 Å². The Morgan fingerprint density at radius 2 is 1.82 bits per heavy atom. The maximum Gasteiger partial charge on any atom is 0.128 e. The van der Waals surface area contributed by atoms with Gasteiger partial charge >= 0.3 is 0 Å². The molecule has 3 aromatic rings. The number of fused-ring (bicyclic) bond motifs is 3. The Morgan fingerprint density at radius 3 is 2.59 bits per heavy atom. The van der Waals surface area contributed by atoms with Crippen molar-refractivity contribution in [2.24, 2.45) is 0 Å². The molecule has 1 aliphatic rings. The van der Waals surface area contributed by atoms with Gasteiger partial charge in [0.1, 0.15) is 6.54 Å². The molecule has 2 aromatic carbocycles. The van der Waals surface area contributed by atoms with E-state index < -0.39 is 0 Å². The topological polar surface area (TPSA) is 41.6 Å². The third-order valence-electron chi connectivity index (χ3n) is 4.04. The predicted octanol–water partition coefficient (Wildman–Crippen LogP) is 4.30. The fourth-order valence-electron chi connectivity index (χ4n) is 3.12. The van der Waals surface area contributed by atoms with Crippen LogP contribution in [0.2, 0.25) is 5.02 Å². The summed E-state index contributed by atoms with van der Waals surface area (Å²) < 4.78 is 1.79. The number of aromatic nitrogens is 2. The van der Waals surface area contributed by atoms with Crippen LogP contribution in [0.1, 0.15) is 11.1 Å². The lowest BCUT2D eigenvalue weighted by molar-refractivity contribution is 0.720. The fraction of sp³-hybridized carbons (Fsp3) is 0.111. The summed E-state index contributed by atoms with van der Waals surface area (Å²) in [6, 6.07) is 18.2. The standard InChI is InChI=1S/C18H12ClN3/c19-16-8-4-3-7-14(16)17-15-11-12-5-1-2-6-13(12)18(15)22(21-17)10-9-20/h1-8H,10-11H2. The third-order valence-corrected chi connectivity index (χ3v) is 4.37. The SMILES string of the molecule is N#CCn1nc(-c2ccccc2Cl)c2c1-c1ccccc1C2. The van der Waals surface area contributed by atoms with Crippen molar-refractivity contribution < 1.29 is 0 Å². The number of hydrogen-bond donors (Lipinski definition) is 0. The Kier molecular flexibility index (Phi) is 2.99. The molecule has 1 aliphatic carbocycles. The molecule has 22 heavy (non-hydrogen) atoms. The number of benzene rings is 2. The number of nitriles is 1. The molecular formula is C18H12ClN3. The van der Waals surface area contributed by atoms with E-state index in [9.17, 15) is 0 Å². The summed E-state index contributed by atoms with van der Waals surface area (Å²) in [4.78, 5) is 0. The quantitative estimate of drug-likeness (QED) is 0.554. The normalized spacial score (nSPS) is 11.8. The first-order chi connectivity index (χ1) is 10.8. The second-order valence-electron chi connectivity index (χ2n) is 5.31. The highest BCUT2D eigenvalue weighted by molar-refractivity contribution is 6.33. The van der Waals surface area contributed by atoms with Crippen LogP contribution in [0, 0.1) is 11.3 Å². The van der Waals surface area contributed by atoms with E-state index in [2.05, 4.69) is 23.3 Å². The molecule has 4 rings (SSSR count). The van der Waals surface area contributed by atoms with Crippen LogP contribution in [0.4, 0.5) is 0 Å². The lowest BCUT2D eigenvalue weighted by Crippen LogP contribution is -2.00. The van der Waals surface area contributed by atoms with Gasteiger partial charge in [0.25, 0.3) is 0 Å². The van der Waals surface area contributed by atoms with Gasteiger partial charge in [-0.15, -0.1) is 0 Å². The molecule has 0 radical (unpaired) electrons. The van der Waals surface area contributed by atoms with Crippen LogP contribution >= 0.6 is 11.6 Å². The monoisotopic (exact) mass is 305 g/mol. The van der Waals surface area contributed by atoms with Crippen molar-refractivity contribution in [3.05, 3.63) is 64.7 Å². The highest BCUT2D eigenvalue weighted by atomic mass is 35.5. The van der Waals surface area contributed by atoms with Gasteiger partial charge in [-0.25, -0.2) is 4.68 Å². The van der Waals surface area contributed by atoms with E-state index in [0.717, 1.165) is 28.9 Å². The van der Waals surface area contributed by atoms with E-state index in [1.807, 2.05) is 36.4 Å². The van der Waals surface area contributed by atoms with Crippen LogP contribution in [-0.4, -0.2) is 9.78 Å².